The molecule has 2 rings (SSSR count). The molecule has 1 N–H and O–H groups in total. The van der Waals surface area contributed by atoms with Crippen LogP contribution in [-0.2, 0) is 5.41 Å². The highest BCUT2D eigenvalue weighted by Crippen LogP contribution is 2.23. The largest absolute Gasteiger partial charge is 0.315 e. The summed E-state index contributed by atoms with van der Waals surface area (Å²) in [7, 11) is 0. The molecular formula is C12H18N2. The molecule has 76 valence electrons. The minimum absolute atomic E-state index is 0.163. The van der Waals surface area contributed by atoms with Gasteiger partial charge in [0.1, 0.15) is 0 Å². The van der Waals surface area contributed by atoms with E-state index in [4.69, 9.17) is 0 Å². The highest BCUT2D eigenvalue weighted by molar-refractivity contribution is 5.24. The Bertz CT molecular complexity index is 304. The molecule has 0 saturated carbocycles. The van der Waals surface area contributed by atoms with Crippen LogP contribution in [0.25, 0.3) is 0 Å². The van der Waals surface area contributed by atoms with Crippen LogP contribution in [0.3, 0.4) is 0 Å². The first-order valence-electron chi connectivity index (χ1n) is 5.24. The van der Waals surface area contributed by atoms with Gasteiger partial charge < -0.3 is 5.32 Å². The smallest absolute Gasteiger partial charge is 0.0457 e. The van der Waals surface area contributed by atoms with E-state index >= 15 is 0 Å². The van der Waals surface area contributed by atoms with Gasteiger partial charge in [0.25, 0.3) is 0 Å². The molecule has 14 heavy (non-hydrogen) atoms. The molecule has 2 nitrogen and oxygen atoms in total. The lowest BCUT2D eigenvalue weighted by molar-refractivity contribution is 0.446. The van der Waals surface area contributed by atoms with Crippen molar-refractivity contribution in [1.82, 2.24) is 10.3 Å². The van der Waals surface area contributed by atoms with Crippen molar-refractivity contribution in [3.05, 3.63) is 29.6 Å². The third-order valence-corrected chi connectivity index (χ3v) is 2.81. The van der Waals surface area contributed by atoms with Gasteiger partial charge in [0.05, 0.1) is 0 Å². The van der Waals surface area contributed by atoms with Gasteiger partial charge in [0, 0.05) is 36.3 Å². The van der Waals surface area contributed by atoms with Gasteiger partial charge in [-0.15, -0.1) is 0 Å². The monoisotopic (exact) mass is 190 g/mol. The molecule has 0 unspecified atom stereocenters. The van der Waals surface area contributed by atoms with E-state index < -0.39 is 0 Å². The van der Waals surface area contributed by atoms with Crippen molar-refractivity contribution in [2.45, 2.75) is 32.1 Å². The van der Waals surface area contributed by atoms with Crippen molar-refractivity contribution in [3.63, 3.8) is 0 Å². The second-order valence-corrected chi connectivity index (χ2v) is 5.08. The second kappa shape index (κ2) is 3.35. The molecule has 1 fully saturated rings. The molecule has 1 aliphatic heterocycles. The summed E-state index contributed by atoms with van der Waals surface area (Å²) < 4.78 is 0. The van der Waals surface area contributed by atoms with Crippen LogP contribution in [-0.4, -0.2) is 18.1 Å². The first kappa shape index (κ1) is 9.66. The zero-order valence-electron chi connectivity index (χ0n) is 9.17. The Balaban J connectivity index is 2.17. The summed E-state index contributed by atoms with van der Waals surface area (Å²) in [6, 6.07) is 4.38. The molecule has 0 bridgehead atoms. The zero-order chi connectivity index (χ0) is 10.2. The van der Waals surface area contributed by atoms with Gasteiger partial charge in [0.2, 0.25) is 0 Å². The van der Waals surface area contributed by atoms with Gasteiger partial charge in [0.15, 0.2) is 0 Å². The minimum atomic E-state index is 0.163. The molecule has 0 aromatic carbocycles. The standard InChI is InChI=1S/C12H18N2/c1-12(2,3)11-5-4-9(8-14-11)10-6-13-7-10/h4-5,8,10,13H,6-7H2,1-3H3. The van der Waals surface area contributed by atoms with Crippen molar-refractivity contribution < 1.29 is 0 Å². The van der Waals surface area contributed by atoms with Crippen LogP contribution in [0, 0.1) is 0 Å². The average molecular weight is 190 g/mol. The van der Waals surface area contributed by atoms with E-state index in [9.17, 15) is 0 Å². The molecule has 1 aromatic heterocycles. The summed E-state index contributed by atoms with van der Waals surface area (Å²) in [6.07, 6.45) is 2.03. The van der Waals surface area contributed by atoms with Gasteiger partial charge in [-0.2, -0.15) is 0 Å². The molecular weight excluding hydrogens is 172 g/mol. The summed E-state index contributed by atoms with van der Waals surface area (Å²) in [5, 5.41) is 3.28. The Morgan fingerprint density at radius 2 is 2.00 bits per heavy atom. The van der Waals surface area contributed by atoms with Crippen molar-refractivity contribution in [1.29, 1.82) is 0 Å². The van der Waals surface area contributed by atoms with Crippen LogP contribution in [0.2, 0.25) is 0 Å². The molecule has 0 radical (unpaired) electrons. The lowest BCUT2D eigenvalue weighted by atomic mass is 9.89. The maximum absolute atomic E-state index is 4.53. The molecule has 0 amide bonds. The van der Waals surface area contributed by atoms with Crippen LogP contribution >= 0.6 is 0 Å². The molecule has 0 aliphatic carbocycles. The van der Waals surface area contributed by atoms with Crippen molar-refractivity contribution in [2.24, 2.45) is 0 Å². The summed E-state index contributed by atoms with van der Waals surface area (Å²) >= 11 is 0. The quantitative estimate of drug-likeness (QED) is 0.733. The fraction of sp³-hybridized carbons (Fsp3) is 0.583. The predicted octanol–water partition coefficient (Wildman–Crippen LogP) is 2.07. The molecule has 2 heterocycles. The van der Waals surface area contributed by atoms with Gasteiger partial charge in [-0.1, -0.05) is 26.8 Å². The fourth-order valence-corrected chi connectivity index (χ4v) is 1.61. The first-order valence-corrected chi connectivity index (χ1v) is 5.24. The SMILES string of the molecule is CC(C)(C)c1ccc(C2CNC2)cn1. The lowest BCUT2D eigenvalue weighted by Crippen LogP contribution is -2.39. The van der Waals surface area contributed by atoms with Gasteiger partial charge in [-0.05, 0) is 11.6 Å². The number of aromatic nitrogens is 1. The lowest BCUT2D eigenvalue weighted by Gasteiger charge is -2.27. The van der Waals surface area contributed by atoms with Gasteiger partial charge in [-0.25, -0.2) is 0 Å². The van der Waals surface area contributed by atoms with Crippen molar-refractivity contribution in [3.8, 4) is 0 Å². The highest BCUT2D eigenvalue weighted by Gasteiger charge is 2.20. The Morgan fingerprint density at radius 1 is 1.29 bits per heavy atom. The third kappa shape index (κ3) is 1.80. The van der Waals surface area contributed by atoms with E-state index in [0.717, 1.165) is 13.1 Å². The predicted molar refractivity (Wildman–Crippen MR) is 58.5 cm³/mol. The Kier molecular flexibility index (Phi) is 2.31. The Labute approximate surface area is 85.7 Å². The Morgan fingerprint density at radius 3 is 2.36 bits per heavy atom. The van der Waals surface area contributed by atoms with Crippen LogP contribution in [0.15, 0.2) is 18.3 Å². The van der Waals surface area contributed by atoms with E-state index in [1.54, 1.807) is 0 Å². The topological polar surface area (TPSA) is 24.9 Å². The van der Waals surface area contributed by atoms with Crippen LogP contribution in [0.5, 0.6) is 0 Å². The highest BCUT2D eigenvalue weighted by atomic mass is 14.9. The van der Waals surface area contributed by atoms with E-state index in [2.05, 4.69) is 43.2 Å². The summed E-state index contributed by atoms with van der Waals surface area (Å²) in [4.78, 5) is 4.53. The molecule has 2 heteroatoms. The van der Waals surface area contributed by atoms with E-state index in [1.807, 2.05) is 6.20 Å². The van der Waals surface area contributed by atoms with E-state index in [1.165, 1.54) is 11.3 Å². The number of nitrogens with zero attached hydrogens (tertiary/aromatic N) is 1. The normalized spacial score (nSPS) is 17.9. The number of hydrogen-bond donors (Lipinski definition) is 1. The maximum atomic E-state index is 4.53. The minimum Gasteiger partial charge on any atom is -0.315 e. The number of nitrogens with one attached hydrogen (secondary N) is 1. The molecule has 1 saturated heterocycles. The zero-order valence-corrected chi connectivity index (χ0v) is 9.17. The molecule has 0 atom stereocenters. The fourth-order valence-electron chi connectivity index (χ4n) is 1.61. The number of rotatable bonds is 1. The summed E-state index contributed by atoms with van der Waals surface area (Å²) in [5.41, 5.74) is 2.71. The van der Waals surface area contributed by atoms with E-state index in [-0.39, 0.29) is 5.41 Å². The Hall–Kier alpha value is -0.890. The average Bonchev–Trinajstić information content (AvgIpc) is 2.00. The van der Waals surface area contributed by atoms with E-state index in [0.29, 0.717) is 5.92 Å². The molecule has 1 aliphatic rings. The summed E-state index contributed by atoms with van der Waals surface area (Å²) in [5.74, 6) is 0.691. The third-order valence-electron chi connectivity index (χ3n) is 2.81. The van der Waals surface area contributed by atoms with Crippen molar-refractivity contribution in [2.75, 3.05) is 13.1 Å². The first-order chi connectivity index (χ1) is 6.57. The summed E-state index contributed by atoms with van der Waals surface area (Å²) in [6.45, 7) is 8.80. The maximum Gasteiger partial charge on any atom is 0.0457 e. The van der Waals surface area contributed by atoms with Crippen LogP contribution in [0.4, 0.5) is 0 Å². The van der Waals surface area contributed by atoms with Gasteiger partial charge >= 0.3 is 0 Å². The van der Waals surface area contributed by atoms with Crippen LogP contribution in [0.1, 0.15) is 37.9 Å². The van der Waals surface area contributed by atoms with Gasteiger partial charge in [-0.3, -0.25) is 4.98 Å². The number of hydrogen-bond acceptors (Lipinski definition) is 2. The van der Waals surface area contributed by atoms with Crippen molar-refractivity contribution >= 4 is 0 Å². The molecule has 1 aromatic rings. The molecule has 0 spiro atoms. The van der Waals surface area contributed by atoms with Crippen LogP contribution < -0.4 is 5.32 Å². The second-order valence-electron chi connectivity index (χ2n) is 5.08. The number of pyridine rings is 1.